The summed E-state index contributed by atoms with van der Waals surface area (Å²) in [5.74, 6) is -3.63. The van der Waals surface area contributed by atoms with Crippen LogP contribution in [-0.2, 0) is 16.8 Å². The van der Waals surface area contributed by atoms with Crippen LogP contribution in [0.1, 0.15) is 45.7 Å². The molecule has 3 aliphatic carbocycles. The maximum absolute atomic E-state index is 14.3. The van der Waals surface area contributed by atoms with Gasteiger partial charge in [0.15, 0.2) is 17.7 Å². The van der Waals surface area contributed by atoms with E-state index in [1.165, 1.54) is 22.4 Å². The largest absolute Gasteiger partial charge is 0.503 e. The van der Waals surface area contributed by atoms with E-state index in [9.17, 15) is 28.3 Å². The van der Waals surface area contributed by atoms with Gasteiger partial charge in [-0.1, -0.05) is 6.07 Å². The summed E-state index contributed by atoms with van der Waals surface area (Å²) in [7, 11) is 0. The molecule has 5 aliphatic rings. The number of benzene rings is 1. The molecule has 0 spiro atoms. The minimum Gasteiger partial charge on any atom is -0.503 e. The van der Waals surface area contributed by atoms with Gasteiger partial charge in [0.05, 0.1) is 18.1 Å². The number of nitrogens with zero attached hydrogens (tertiary/aromatic N) is 2. The Labute approximate surface area is 185 Å². The maximum Gasteiger partial charge on any atom is 0.277 e. The molecule has 2 aliphatic heterocycles. The van der Waals surface area contributed by atoms with Gasteiger partial charge in [0.2, 0.25) is 5.43 Å². The van der Waals surface area contributed by atoms with E-state index in [2.05, 4.69) is 5.32 Å². The normalized spacial score (nSPS) is 27.3. The topological polar surface area (TPSA) is 101 Å². The van der Waals surface area contributed by atoms with Gasteiger partial charge in [-0.3, -0.25) is 14.4 Å². The van der Waals surface area contributed by atoms with Crippen molar-refractivity contribution < 1.29 is 28.2 Å². The first-order chi connectivity index (χ1) is 15.8. The molecule has 1 saturated carbocycles. The summed E-state index contributed by atoms with van der Waals surface area (Å²) in [5.41, 5.74) is -0.0886. The number of rotatable bonds is 3. The first-order valence-electron chi connectivity index (χ1n) is 10.7. The Bertz CT molecular complexity index is 1410. The lowest BCUT2D eigenvalue weighted by Gasteiger charge is -2.44. The molecule has 10 heteroatoms. The molecule has 2 amide bonds. The fourth-order valence-electron chi connectivity index (χ4n) is 5.51. The molecule has 3 atom stereocenters. The summed E-state index contributed by atoms with van der Waals surface area (Å²) >= 11 is 0. The number of ether oxygens (including phenoxy) is 1. The number of hydrogen-bond acceptors (Lipinski definition) is 5. The van der Waals surface area contributed by atoms with Crippen LogP contribution in [0, 0.1) is 11.6 Å². The van der Waals surface area contributed by atoms with E-state index in [0.29, 0.717) is 12.8 Å². The number of carbonyl (C=O) groups excluding carboxylic acids is 2. The van der Waals surface area contributed by atoms with Crippen molar-refractivity contribution in [3.05, 3.63) is 74.2 Å². The van der Waals surface area contributed by atoms with Crippen molar-refractivity contribution in [3.63, 3.8) is 0 Å². The van der Waals surface area contributed by atoms with Crippen molar-refractivity contribution in [2.24, 2.45) is 0 Å². The highest BCUT2D eigenvalue weighted by Crippen LogP contribution is 2.58. The predicted molar refractivity (Wildman–Crippen MR) is 107 cm³/mol. The molecule has 3 heterocycles. The van der Waals surface area contributed by atoms with E-state index in [1.807, 2.05) is 0 Å². The fraction of sp³-hybridized carbons (Fsp3) is 0.348. The molecule has 0 bridgehead atoms. The Balaban J connectivity index is 1.23. The molecule has 1 aromatic heterocycles. The number of fused-ring (bicyclic) bond motifs is 4. The van der Waals surface area contributed by atoms with Crippen LogP contribution in [0.2, 0.25) is 0 Å². The average molecular weight is 453 g/mol. The van der Waals surface area contributed by atoms with Crippen LogP contribution in [0.3, 0.4) is 0 Å². The van der Waals surface area contributed by atoms with Gasteiger partial charge >= 0.3 is 0 Å². The standard InChI is InChI=1S/C23H17F2N3O5/c24-9-1-2-12(13(25)5-9)23(3-4-23)26-21(31)11-7-27-8-15-28(14-6-10-16(14)20(10)33-15)22(32)17(27)19(30)18(11)29/h1-2,5,7,14-15,20,30H,3-4,6,8H2,(H,26,31)/t14-,15?,20+/m1/s1. The fourth-order valence-corrected chi connectivity index (χ4v) is 5.51. The number of aromatic hydroxyl groups is 1. The molecule has 2 aromatic rings. The highest BCUT2D eigenvalue weighted by Gasteiger charge is 2.62. The van der Waals surface area contributed by atoms with Crippen LogP contribution in [0.5, 0.6) is 5.75 Å². The third-order valence-electron chi connectivity index (χ3n) is 7.44. The van der Waals surface area contributed by atoms with Crippen LogP contribution in [0.15, 0.2) is 40.3 Å². The second kappa shape index (κ2) is 5.88. The Morgan fingerprint density at radius 3 is 2.76 bits per heavy atom. The molecule has 1 aromatic carbocycles. The first-order valence-corrected chi connectivity index (χ1v) is 10.7. The molecule has 33 heavy (non-hydrogen) atoms. The van der Waals surface area contributed by atoms with Crippen LogP contribution in [0.4, 0.5) is 8.78 Å². The van der Waals surface area contributed by atoms with Crippen molar-refractivity contribution in [2.75, 3.05) is 0 Å². The number of pyridine rings is 1. The van der Waals surface area contributed by atoms with E-state index in [0.717, 1.165) is 24.1 Å². The molecule has 1 saturated heterocycles. The van der Waals surface area contributed by atoms with Gasteiger partial charge in [-0.25, -0.2) is 8.78 Å². The molecular weight excluding hydrogens is 436 g/mol. The van der Waals surface area contributed by atoms with E-state index in [-0.39, 0.29) is 35.5 Å². The zero-order valence-corrected chi connectivity index (χ0v) is 17.1. The average Bonchev–Trinajstić information content (AvgIpc) is 3.63. The molecule has 168 valence electrons. The highest BCUT2D eigenvalue weighted by atomic mass is 19.1. The smallest absolute Gasteiger partial charge is 0.277 e. The maximum atomic E-state index is 14.3. The number of halogens is 2. The number of nitrogens with one attached hydrogen (secondary N) is 1. The molecule has 8 nitrogen and oxygen atoms in total. The lowest BCUT2D eigenvalue weighted by atomic mass is 9.99. The van der Waals surface area contributed by atoms with Crippen LogP contribution >= 0.6 is 0 Å². The molecule has 7 rings (SSSR count). The Kier molecular flexibility index (Phi) is 3.38. The molecule has 0 radical (unpaired) electrons. The first kappa shape index (κ1) is 19.0. The minimum absolute atomic E-state index is 0.0123. The van der Waals surface area contributed by atoms with Crippen LogP contribution < -0.4 is 10.7 Å². The van der Waals surface area contributed by atoms with Crippen molar-refractivity contribution in [1.82, 2.24) is 14.8 Å². The summed E-state index contributed by atoms with van der Waals surface area (Å²) < 4.78 is 35.0. The Hall–Kier alpha value is -3.53. The zero-order valence-electron chi connectivity index (χ0n) is 17.1. The van der Waals surface area contributed by atoms with Crippen LogP contribution in [-0.4, -0.2) is 44.8 Å². The van der Waals surface area contributed by atoms with Gasteiger partial charge in [-0.2, -0.15) is 0 Å². The van der Waals surface area contributed by atoms with Gasteiger partial charge < -0.3 is 24.6 Å². The second-order valence-electron chi connectivity index (χ2n) is 9.27. The lowest BCUT2D eigenvalue weighted by molar-refractivity contribution is -0.0895. The predicted octanol–water partition coefficient (Wildman–Crippen LogP) is 1.51. The SMILES string of the molecule is O=C(NC1(c2ccc(F)cc2F)CC1)c1cn2c(c(O)c1=O)C(=O)N1C(C2)O[C@H]2C3=C2[C@H]1C3. The zero-order chi connectivity index (χ0) is 22.8. The molecule has 2 N–H and O–H groups in total. The quantitative estimate of drug-likeness (QED) is 0.687. The number of carbonyl (C=O) groups is 2. The second-order valence-corrected chi connectivity index (χ2v) is 9.27. The highest BCUT2D eigenvalue weighted by molar-refractivity contribution is 6.00. The molecule has 1 unspecified atom stereocenters. The van der Waals surface area contributed by atoms with Crippen molar-refractivity contribution in [1.29, 1.82) is 0 Å². The van der Waals surface area contributed by atoms with E-state index in [4.69, 9.17) is 4.74 Å². The van der Waals surface area contributed by atoms with E-state index >= 15 is 0 Å². The number of aromatic nitrogens is 1. The third-order valence-corrected chi connectivity index (χ3v) is 7.44. The van der Waals surface area contributed by atoms with Crippen molar-refractivity contribution in [2.45, 2.75) is 49.7 Å². The van der Waals surface area contributed by atoms with Gasteiger partial charge in [-0.05, 0) is 36.5 Å². The lowest BCUT2D eigenvalue weighted by Crippen LogP contribution is -2.57. The van der Waals surface area contributed by atoms with Gasteiger partial charge in [0.25, 0.3) is 11.8 Å². The number of hydrogen-bond donors (Lipinski definition) is 2. The monoisotopic (exact) mass is 453 g/mol. The summed E-state index contributed by atoms with van der Waals surface area (Å²) in [6.45, 7) is 0.167. The number of amides is 2. The Morgan fingerprint density at radius 2 is 2.03 bits per heavy atom. The van der Waals surface area contributed by atoms with Gasteiger partial charge in [0, 0.05) is 17.8 Å². The van der Waals surface area contributed by atoms with Gasteiger partial charge in [-0.15, -0.1) is 0 Å². The summed E-state index contributed by atoms with van der Waals surface area (Å²) in [5, 5.41) is 13.3. The van der Waals surface area contributed by atoms with Crippen LogP contribution in [0.25, 0.3) is 0 Å². The summed E-state index contributed by atoms with van der Waals surface area (Å²) in [6.07, 6.45) is 2.26. The Morgan fingerprint density at radius 1 is 1.24 bits per heavy atom. The molecular formula is C23H17F2N3O5. The van der Waals surface area contributed by atoms with E-state index < -0.39 is 46.4 Å². The minimum atomic E-state index is -1.05. The summed E-state index contributed by atoms with van der Waals surface area (Å²) in [6, 6.07) is 3.07. The third kappa shape index (κ3) is 2.38. The van der Waals surface area contributed by atoms with Gasteiger partial charge in [0.1, 0.15) is 23.3 Å². The van der Waals surface area contributed by atoms with Crippen molar-refractivity contribution >= 4 is 11.8 Å². The molecule has 2 fully saturated rings. The summed E-state index contributed by atoms with van der Waals surface area (Å²) in [4.78, 5) is 40.6. The van der Waals surface area contributed by atoms with E-state index in [1.54, 1.807) is 4.90 Å². The van der Waals surface area contributed by atoms with Crippen molar-refractivity contribution in [3.8, 4) is 5.75 Å².